The van der Waals surface area contributed by atoms with E-state index in [0.717, 1.165) is 38.9 Å². The van der Waals surface area contributed by atoms with E-state index in [0.29, 0.717) is 0 Å². The Morgan fingerprint density at radius 2 is 2.14 bits per heavy atom. The number of halogens is 1. The van der Waals surface area contributed by atoms with Crippen LogP contribution in [0, 0.1) is 0 Å². The van der Waals surface area contributed by atoms with E-state index in [1.54, 1.807) is 6.92 Å². The van der Waals surface area contributed by atoms with Crippen LogP contribution in [0.3, 0.4) is 0 Å². The zero-order valence-electron chi connectivity index (χ0n) is 11.8. The lowest BCUT2D eigenvalue weighted by atomic mass is 10.1. The minimum atomic E-state index is 0.0643. The predicted molar refractivity (Wildman–Crippen MR) is 85.8 cm³/mol. The average molecular weight is 366 g/mol. The van der Waals surface area contributed by atoms with Gasteiger partial charge in [-0.3, -0.25) is 4.79 Å². The number of rotatable bonds is 3. The van der Waals surface area contributed by atoms with E-state index in [1.807, 2.05) is 18.2 Å². The van der Waals surface area contributed by atoms with Gasteiger partial charge in [0.15, 0.2) is 10.9 Å². The SMILES string of the molecule is CC(=O)c1cc(Br)ccc1Sc1nnc2n1CCCCC2. The molecule has 0 N–H and O–H groups in total. The zero-order valence-corrected chi connectivity index (χ0v) is 14.2. The van der Waals surface area contributed by atoms with Crippen molar-refractivity contribution in [3.63, 3.8) is 0 Å². The minimum absolute atomic E-state index is 0.0643. The quantitative estimate of drug-likeness (QED) is 0.767. The van der Waals surface area contributed by atoms with Crippen molar-refractivity contribution in [2.24, 2.45) is 0 Å². The summed E-state index contributed by atoms with van der Waals surface area (Å²) < 4.78 is 3.11. The van der Waals surface area contributed by atoms with Crippen LogP contribution in [0.2, 0.25) is 0 Å². The Kier molecular flexibility index (Phi) is 4.45. The molecule has 0 aliphatic carbocycles. The molecule has 0 bridgehead atoms. The number of ketones is 1. The van der Waals surface area contributed by atoms with E-state index in [1.165, 1.54) is 31.0 Å². The van der Waals surface area contributed by atoms with Gasteiger partial charge in [0.25, 0.3) is 0 Å². The second kappa shape index (κ2) is 6.32. The van der Waals surface area contributed by atoms with Gasteiger partial charge < -0.3 is 4.57 Å². The summed E-state index contributed by atoms with van der Waals surface area (Å²) in [5, 5.41) is 9.50. The molecule has 2 aromatic rings. The van der Waals surface area contributed by atoms with Crippen LogP contribution < -0.4 is 0 Å². The molecule has 110 valence electrons. The number of aryl methyl sites for hydroxylation is 1. The lowest BCUT2D eigenvalue weighted by Crippen LogP contribution is -2.03. The van der Waals surface area contributed by atoms with Crippen molar-refractivity contribution < 1.29 is 4.79 Å². The summed E-state index contributed by atoms with van der Waals surface area (Å²) in [6.45, 7) is 2.56. The molecule has 0 unspecified atom stereocenters. The smallest absolute Gasteiger partial charge is 0.196 e. The normalized spacial score (nSPS) is 14.6. The first-order valence-corrected chi connectivity index (χ1v) is 8.66. The summed E-state index contributed by atoms with van der Waals surface area (Å²) in [6.07, 6.45) is 4.58. The molecule has 3 rings (SSSR count). The van der Waals surface area contributed by atoms with E-state index in [4.69, 9.17) is 0 Å². The van der Waals surface area contributed by atoms with Crippen molar-refractivity contribution in [2.45, 2.75) is 49.2 Å². The summed E-state index contributed by atoms with van der Waals surface area (Å²) in [4.78, 5) is 12.7. The first-order valence-electron chi connectivity index (χ1n) is 7.05. The highest BCUT2D eigenvalue weighted by atomic mass is 79.9. The maximum absolute atomic E-state index is 11.8. The molecule has 0 amide bonds. The summed E-state index contributed by atoms with van der Waals surface area (Å²) in [5.74, 6) is 1.13. The Hall–Kier alpha value is -1.14. The van der Waals surface area contributed by atoms with Gasteiger partial charge in [0.2, 0.25) is 0 Å². The molecule has 0 radical (unpaired) electrons. The van der Waals surface area contributed by atoms with Crippen LogP contribution in [0.4, 0.5) is 0 Å². The summed E-state index contributed by atoms with van der Waals surface area (Å²) >= 11 is 4.95. The van der Waals surface area contributed by atoms with Gasteiger partial charge >= 0.3 is 0 Å². The molecule has 4 nitrogen and oxygen atoms in total. The molecule has 0 saturated carbocycles. The van der Waals surface area contributed by atoms with Gasteiger partial charge in [-0.2, -0.15) is 0 Å². The second-order valence-electron chi connectivity index (χ2n) is 5.16. The van der Waals surface area contributed by atoms with Crippen molar-refractivity contribution in [1.29, 1.82) is 0 Å². The molecule has 0 atom stereocenters. The number of hydrogen-bond donors (Lipinski definition) is 0. The van der Waals surface area contributed by atoms with Crippen LogP contribution in [0.5, 0.6) is 0 Å². The van der Waals surface area contributed by atoms with E-state index < -0.39 is 0 Å². The van der Waals surface area contributed by atoms with Crippen molar-refractivity contribution in [3.05, 3.63) is 34.1 Å². The Balaban J connectivity index is 1.94. The number of nitrogens with zero attached hydrogens (tertiary/aromatic N) is 3. The molecule has 1 aliphatic heterocycles. The van der Waals surface area contributed by atoms with Gasteiger partial charge in [-0.25, -0.2) is 0 Å². The molecular formula is C15H16BrN3OS. The number of fused-ring (bicyclic) bond motifs is 1. The topological polar surface area (TPSA) is 47.8 Å². The number of carbonyl (C=O) groups is 1. The van der Waals surface area contributed by atoms with Crippen molar-refractivity contribution in [3.8, 4) is 0 Å². The van der Waals surface area contributed by atoms with Crippen LogP contribution in [0.15, 0.2) is 32.7 Å². The maximum atomic E-state index is 11.8. The molecule has 0 fully saturated rings. The third kappa shape index (κ3) is 3.21. The fourth-order valence-electron chi connectivity index (χ4n) is 2.50. The summed E-state index contributed by atoms with van der Waals surface area (Å²) in [6, 6.07) is 5.78. The molecule has 6 heteroatoms. The Labute approximate surface area is 136 Å². The average Bonchev–Trinajstić information content (AvgIpc) is 2.69. The van der Waals surface area contributed by atoms with Crippen molar-refractivity contribution in [1.82, 2.24) is 14.8 Å². The van der Waals surface area contributed by atoms with Gasteiger partial charge in [-0.1, -0.05) is 22.4 Å². The van der Waals surface area contributed by atoms with Gasteiger partial charge in [-0.05, 0) is 49.7 Å². The standard InChI is InChI=1S/C15H16BrN3OS/c1-10(20)12-9-11(16)6-7-13(12)21-15-18-17-14-5-3-2-4-8-19(14)15/h6-7,9H,2-5,8H2,1H3. The maximum Gasteiger partial charge on any atom is 0.196 e. The fourth-order valence-corrected chi connectivity index (χ4v) is 3.89. The zero-order chi connectivity index (χ0) is 14.8. The Morgan fingerprint density at radius 3 is 2.95 bits per heavy atom. The molecule has 2 heterocycles. The van der Waals surface area contributed by atoms with Crippen LogP contribution in [-0.4, -0.2) is 20.5 Å². The van der Waals surface area contributed by atoms with E-state index in [-0.39, 0.29) is 5.78 Å². The second-order valence-corrected chi connectivity index (χ2v) is 7.08. The van der Waals surface area contributed by atoms with E-state index >= 15 is 0 Å². The van der Waals surface area contributed by atoms with Crippen molar-refractivity contribution in [2.75, 3.05) is 0 Å². The fraction of sp³-hybridized carbons (Fsp3) is 0.400. The molecule has 1 aromatic carbocycles. The van der Waals surface area contributed by atoms with Crippen LogP contribution in [0.1, 0.15) is 42.4 Å². The largest absolute Gasteiger partial charge is 0.306 e. The molecule has 1 aliphatic rings. The number of hydrogen-bond acceptors (Lipinski definition) is 4. The first kappa shape index (κ1) is 14.8. The van der Waals surface area contributed by atoms with Crippen LogP contribution in [0.25, 0.3) is 0 Å². The van der Waals surface area contributed by atoms with E-state index in [9.17, 15) is 4.79 Å². The Morgan fingerprint density at radius 1 is 1.29 bits per heavy atom. The third-order valence-electron chi connectivity index (χ3n) is 3.60. The van der Waals surface area contributed by atoms with E-state index in [2.05, 4.69) is 30.7 Å². The minimum Gasteiger partial charge on any atom is -0.306 e. The highest BCUT2D eigenvalue weighted by molar-refractivity contribution is 9.10. The summed E-state index contributed by atoms with van der Waals surface area (Å²) in [5.41, 5.74) is 0.723. The number of carbonyl (C=O) groups excluding carboxylic acids is 1. The number of Topliss-reactive ketones (excluding diaryl/α,β-unsaturated/α-hetero) is 1. The Bertz CT molecular complexity index is 684. The van der Waals surface area contributed by atoms with Gasteiger partial charge in [0, 0.05) is 27.9 Å². The van der Waals surface area contributed by atoms with Crippen molar-refractivity contribution >= 4 is 33.5 Å². The van der Waals surface area contributed by atoms with Gasteiger partial charge in [-0.15, -0.1) is 10.2 Å². The highest BCUT2D eigenvalue weighted by Gasteiger charge is 2.17. The molecule has 21 heavy (non-hydrogen) atoms. The van der Waals surface area contributed by atoms with Crippen LogP contribution in [-0.2, 0) is 13.0 Å². The number of benzene rings is 1. The molecular weight excluding hydrogens is 350 g/mol. The highest BCUT2D eigenvalue weighted by Crippen LogP contribution is 2.32. The molecule has 0 spiro atoms. The predicted octanol–water partition coefficient (Wildman–Crippen LogP) is 4.12. The lowest BCUT2D eigenvalue weighted by Gasteiger charge is -2.09. The third-order valence-corrected chi connectivity index (χ3v) is 5.15. The number of aromatic nitrogens is 3. The van der Waals surface area contributed by atoms with Gasteiger partial charge in [0.1, 0.15) is 5.82 Å². The first-order chi connectivity index (χ1) is 10.1. The van der Waals surface area contributed by atoms with Crippen LogP contribution >= 0.6 is 27.7 Å². The lowest BCUT2D eigenvalue weighted by molar-refractivity contribution is 0.101. The van der Waals surface area contributed by atoms with Gasteiger partial charge in [0.05, 0.1) is 0 Å². The molecule has 0 saturated heterocycles. The monoisotopic (exact) mass is 365 g/mol. The molecule has 1 aromatic heterocycles. The summed E-state index contributed by atoms with van der Waals surface area (Å²) in [7, 11) is 0.